The molecule has 134 valence electrons. The Kier molecular flexibility index (Phi) is 6.16. The zero-order chi connectivity index (χ0) is 18.4. The van der Waals surface area contributed by atoms with E-state index in [-0.39, 0.29) is 11.9 Å². The zero-order valence-electron chi connectivity index (χ0n) is 15.1. The van der Waals surface area contributed by atoms with Crippen molar-refractivity contribution in [3.05, 3.63) is 41.5 Å². The summed E-state index contributed by atoms with van der Waals surface area (Å²) in [5.74, 6) is 2.04. The second kappa shape index (κ2) is 8.32. The van der Waals surface area contributed by atoms with E-state index in [1.165, 1.54) is 12.4 Å². The van der Waals surface area contributed by atoms with Gasteiger partial charge < -0.3 is 19.5 Å². The molecule has 1 heterocycles. The third-order valence-electron chi connectivity index (χ3n) is 3.82. The molecular weight excluding hydrogens is 322 g/mol. The fourth-order valence-corrected chi connectivity index (χ4v) is 2.37. The van der Waals surface area contributed by atoms with E-state index < -0.39 is 0 Å². The van der Waals surface area contributed by atoms with Gasteiger partial charge in [-0.2, -0.15) is 0 Å². The number of hydrogen-bond donors (Lipinski definition) is 1. The van der Waals surface area contributed by atoms with Crippen LogP contribution in [0.25, 0.3) is 0 Å². The van der Waals surface area contributed by atoms with E-state index in [0.717, 1.165) is 12.0 Å². The molecule has 0 saturated heterocycles. The van der Waals surface area contributed by atoms with Crippen LogP contribution in [0.1, 0.15) is 41.6 Å². The maximum absolute atomic E-state index is 12.4. The molecule has 1 atom stereocenters. The predicted molar refractivity (Wildman–Crippen MR) is 93.4 cm³/mol. The molecule has 2 rings (SSSR count). The van der Waals surface area contributed by atoms with Crippen LogP contribution in [0.3, 0.4) is 0 Å². The largest absolute Gasteiger partial charge is 0.493 e. The summed E-state index contributed by atoms with van der Waals surface area (Å²) in [7, 11) is 4.65. The number of aromatic nitrogens is 2. The monoisotopic (exact) mass is 345 g/mol. The molecule has 0 radical (unpaired) electrons. The van der Waals surface area contributed by atoms with Crippen molar-refractivity contribution < 1.29 is 19.0 Å². The van der Waals surface area contributed by atoms with Crippen molar-refractivity contribution in [3.63, 3.8) is 0 Å². The number of benzene rings is 1. The first-order chi connectivity index (χ1) is 12.0. The second-order valence-electron chi connectivity index (χ2n) is 5.40. The Morgan fingerprint density at radius 3 is 2.08 bits per heavy atom. The van der Waals surface area contributed by atoms with Crippen LogP contribution in [0.2, 0.25) is 0 Å². The van der Waals surface area contributed by atoms with E-state index in [4.69, 9.17) is 14.2 Å². The molecule has 1 aromatic carbocycles. The van der Waals surface area contributed by atoms with Gasteiger partial charge in [0.2, 0.25) is 5.75 Å². The number of ether oxygens (including phenoxy) is 3. The van der Waals surface area contributed by atoms with Gasteiger partial charge in [-0.15, -0.1) is 0 Å². The number of aryl methyl sites for hydroxylation is 1. The summed E-state index contributed by atoms with van der Waals surface area (Å²) < 4.78 is 16.0. The lowest BCUT2D eigenvalue weighted by Gasteiger charge is -2.18. The molecule has 0 aliphatic rings. The Morgan fingerprint density at radius 1 is 1.08 bits per heavy atom. The molecule has 1 amide bonds. The average Bonchev–Trinajstić information content (AvgIpc) is 2.66. The molecule has 0 spiro atoms. The van der Waals surface area contributed by atoms with Crippen molar-refractivity contribution in [2.24, 2.45) is 0 Å². The fourth-order valence-electron chi connectivity index (χ4n) is 2.37. The highest BCUT2D eigenvalue weighted by Crippen LogP contribution is 2.39. The second-order valence-corrected chi connectivity index (χ2v) is 5.40. The molecule has 7 nitrogen and oxygen atoms in total. The first-order valence-electron chi connectivity index (χ1n) is 7.95. The Morgan fingerprint density at radius 2 is 1.64 bits per heavy atom. The lowest BCUT2D eigenvalue weighted by atomic mass is 10.1. The standard InChI is InChI=1S/C18H23N3O4/c1-6-16-19-9-13(10-20-16)18(22)21-11(2)12-7-14(23-3)17(25-5)15(8-12)24-4/h7-11H,6H2,1-5H3,(H,21,22)/t11-/m1/s1. The van der Waals surface area contributed by atoms with Gasteiger partial charge in [0, 0.05) is 18.8 Å². The van der Waals surface area contributed by atoms with Crippen molar-refractivity contribution in [3.8, 4) is 17.2 Å². The number of amides is 1. The van der Waals surface area contributed by atoms with Crippen LogP contribution in [0.15, 0.2) is 24.5 Å². The van der Waals surface area contributed by atoms with E-state index in [1.54, 1.807) is 21.3 Å². The van der Waals surface area contributed by atoms with Gasteiger partial charge in [-0.25, -0.2) is 9.97 Å². The summed E-state index contributed by atoms with van der Waals surface area (Å²) in [6.45, 7) is 3.83. The Labute approximate surface area is 147 Å². The van der Waals surface area contributed by atoms with Crippen molar-refractivity contribution in [1.29, 1.82) is 0 Å². The summed E-state index contributed by atoms with van der Waals surface area (Å²) in [6.07, 6.45) is 3.79. The molecule has 25 heavy (non-hydrogen) atoms. The van der Waals surface area contributed by atoms with E-state index in [0.29, 0.717) is 28.6 Å². The maximum atomic E-state index is 12.4. The zero-order valence-corrected chi connectivity index (χ0v) is 15.1. The van der Waals surface area contributed by atoms with Gasteiger partial charge in [0.25, 0.3) is 5.91 Å². The van der Waals surface area contributed by atoms with E-state index in [9.17, 15) is 4.79 Å². The number of nitrogens with zero attached hydrogens (tertiary/aromatic N) is 2. The molecular formula is C18H23N3O4. The molecule has 0 aliphatic heterocycles. The molecule has 2 aromatic rings. The third-order valence-corrected chi connectivity index (χ3v) is 3.82. The molecule has 0 unspecified atom stereocenters. The van der Waals surface area contributed by atoms with Crippen LogP contribution in [0.5, 0.6) is 17.2 Å². The molecule has 7 heteroatoms. The van der Waals surface area contributed by atoms with Crippen molar-refractivity contribution in [2.75, 3.05) is 21.3 Å². The number of carbonyl (C=O) groups is 1. The molecule has 1 aromatic heterocycles. The average molecular weight is 345 g/mol. The molecule has 0 saturated carbocycles. The van der Waals surface area contributed by atoms with Gasteiger partial charge in [0.1, 0.15) is 5.82 Å². The summed E-state index contributed by atoms with van der Waals surface area (Å²) in [5.41, 5.74) is 1.24. The lowest BCUT2D eigenvalue weighted by molar-refractivity contribution is 0.0939. The smallest absolute Gasteiger partial charge is 0.254 e. The van der Waals surface area contributed by atoms with Crippen LogP contribution >= 0.6 is 0 Å². The first kappa shape index (κ1) is 18.5. The van der Waals surface area contributed by atoms with Gasteiger partial charge in [0.05, 0.1) is 32.9 Å². The van der Waals surface area contributed by atoms with E-state index in [1.807, 2.05) is 26.0 Å². The third kappa shape index (κ3) is 4.17. The highest BCUT2D eigenvalue weighted by atomic mass is 16.5. The van der Waals surface area contributed by atoms with Crippen molar-refractivity contribution >= 4 is 5.91 Å². The molecule has 0 bridgehead atoms. The topological polar surface area (TPSA) is 82.6 Å². The van der Waals surface area contributed by atoms with E-state index >= 15 is 0 Å². The van der Waals surface area contributed by atoms with Crippen LogP contribution in [0.4, 0.5) is 0 Å². The molecule has 0 aliphatic carbocycles. The highest BCUT2D eigenvalue weighted by molar-refractivity contribution is 5.93. The van der Waals surface area contributed by atoms with Crippen LogP contribution < -0.4 is 19.5 Å². The SMILES string of the molecule is CCc1ncc(C(=O)N[C@H](C)c2cc(OC)c(OC)c(OC)c2)cn1. The number of carbonyl (C=O) groups excluding carboxylic acids is 1. The van der Waals surface area contributed by atoms with Gasteiger partial charge in [-0.05, 0) is 24.6 Å². The normalized spacial score (nSPS) is 11.6. The quantitative estimate of drug-likeness (QED) is 0.830. The first-order valence-corrected chi connectivity index (χ1v) is 7.95. The number of methoxy groups -OCH3 is 3. The summed E-state index contributed by atoms with van der Waals surface area (Å²) in [5, 5.41) is 2.92. The van der Waals surface area contributed by atoms with Gasteiger partial charge >= 0.3 is 0 Å². The minimum Gasteiger partial charge on any atom is -0.493 e. The summed E-state index contributed by atoms with van der Waals surface area (Å²) >= 11 is 0. The number of nitrogens with one attached hydrogen (secondary N) is 1. The summed E-state index contributed by atoms with van der Waals surface area (Å²) in [6, 6.07) is 3.35. The van der Waals surface area contributed by atoms with Crippen LogP contribution in [0, 0.1) is 0 Å². The van der Waals surface area contributed by atoms with Crippen LogP contribution in [-0.4, -0.2) is 37.2 Å². The number of hydrogen-bond acceptors (Lipinski definition) is 6. The minimum atomic E-state index is -0.271. The molecule has 1 N–H and O–H groups in total. The van der Waals surface area contributed by atoms with Gasteiger partial charge in [-0.3, -0.25) is 4.79 Å². The van der Waals surface area contributed by atoms with Gasteiger partial charge in [-0.1, -0.05) is 6.92 Å². The van der Waals surface area contributed by atoms with Gasteiger partial charge in [0.15, 0.2) is 11.5 Å². The minimum absolute atomic E-state index is 0.246. The maximum Gasteiger partial charge on any atom is 0.254 e. The van der Waals surface area contributed by atoms with Crippen molar-refractivity contribution in [2.45, 2.75) is 26.3 Å². The Balaban J connectivity index is 2.21. The Hall–Kier alpha value is -2.83. The predicted octanol–water partition coefficient (Wildman–Crippen LogP) is 2.56. The fraction of sp³-hybridized carbons (Fsp3) is 0.389. The molecule has 0 fully saturated rings. The summed E-state index contributed by atoms with van der Waals surface area (Å²) in [4.78, 5) is 20.7. The Bertz CT molecular complexity index is 707. The number of rotatable bonds is 7. The van der Waals surface area contributed by atoms with Crippen LogP contribution in [-0.2, 0) is 6.42 Å². The van der Waals surface area contributed by atoms with E-state index in [2.05, 4.69) is 15.3 Å². The van der Waals surface area contributed by atoms with Crippen molar-refractivity contribution in [1.82, 2.24) is 15.3 Å². The lowest BCUT2D eigenvalue weighted by Crippen LogP contribution is -2.27. The highest BCUT2D eigenvalue weighted by Gasteiger charge is 2.18.